The van der Waals surface area contributed by atoms with Crippen molar-refractivity contribution in [3.63, 3.8) is 0 Å². The molecule has 0 bridgehead atoms. The van der Waals surface area contributed by atoms with E-state index in [1.54, 1.807) is 30.9 Å². The second-order valence-electron chi connectivity index (χ2n) is 7.76. The number of carboxylic acid groups (broad SMARTS) is 1. The molecule has 2 unspecified atom stereocenters. The van der Waals surface area contributed by atoms with Gasteiger partial charge in [0, 0.05) is 18.7 Å². The van der Waals surface area contributed by atoms with Crippen LogP contribution in [0.5, 0.6) is 0 Å². The van der Waals surface area contributed by atoms with Gasteiger partial charge in [0.05, 0.1) is 18.1 Å². The van der Waals surface area contributed by atoms with Crippen LogP contribution in [0.15, 0.2) is 42.5 Å². The van der Waals surface area contributed by atoms with Crippen molar-refractivity contribution in [2.24, 2.45) is 0 Å². The van der Waals surface area contributed by atoms with Gasteiger partial charge in [-0.1, -0.05) is 30.3 Å². The number of aromatic carboxylic acids is 1. The maximum atomic E-state index is 12.3. The Morgan fingerprint density at radius 2 is 1.71 bits per heavy atom. The summed E-state index contributed by atoms with van der Waals surface area (Å²) in [4.78, 5) is 37.2. The van der Waals surface area contributed by atoms with Crippen LogP contribution in [0.4, 0.5) is 10.5 Å². The molecule has 7 nitrogen and oxygen atoms in total. The predicted octanol–water partition coefficient (Wildman–Crippen LogP) is 0.0419. The van der Waals surface area contributed by atoms with Gasteiger partial charge in [0.1, 0.15) is 0 Å². The van der Waals surface area contributed by atoms with Gasteiger partial charge in [-0.2, -0.15) is 0 Å². The molecule has 8 heteroatoms. The summed E-state index contributed by atoms with van der Waals surface area (Å²) in [6.45, 7) is 7.03. The second-order valence-corrected chi connectivity index (χ2v) is 7.76. The minimum Gasteiger partial charge on any atom is -0.545 e. The fourth-order valence-corrected chi connectivity index (χ4v) is 3.85. The number of carbonyl (C=O) groups is 3. The third-order valence-corrected chi connectivity index (χ3v) is 5.11. The van der Waals surface area contributed by atoms with Gasteiger partial charge in [-0.05, 0) is 61.6 Å². The van der Waals surface area contributed by atoms with E-state index < -0.39 is 12.1 Å². The molecule has 0 saturated carbocycles. The maximum Gasteiger partial charge on any atom is 1.00 e. The van der Waals surface area contributed by atoms with Crippen LogP contribution < -0.4 is 44.9 Å². The molecule has 1 aliphatic rings. The van der Waals surface area contributed by atoms with E-state index in [9.17, 15) is 19.5 Å². The molecule has 2 atom stereocenters. The zero-order valence-corrected chi connectivity index (χ0v) is 20.5. The SMILES string of the molecule is CC(=O)N1c2ccc(-c3ccc(C(=O)[O-])cc3)cc2C(NC(=O)OC(C)C)CC1C.[Na+]. The number of anilines is 1. The van der Waals surface area contributed by atoms with Gasteiger partial charge in [-0.25, -0.2) is 4.79 Å². The van der Waals surface area contributed by atoms with Crippen molar-refractivity contribution in [2.45, 2.75) is 52.3 Å². The van der Waals surface area contributed by atoms with E-state index in [4.69, 9.17) is 4.74 Å². The first kappa shape index (κ1) is 24.9. The Kier molecular flexibility index (Phi) is 8.28. The van der Waals surface area contributed by atoms with Crippen LogP contribution in [-0.2, 0) is 9.53 Å². The first-order chi connectivity index (χ1) is 14.2. The number of fused-ring (bicyclic) bond motifs is 1. The number of ether oxygens (including phenoxy) is 1. The summed E-state index contributed by atoms with van der Waals surface area (Å²) in [7, 11) is 0. The molecule has 1 N–H and O–H groups in total. The van der Waals surface area contributed by atoms with E-state index in [2.05, 4.69) is 5.32 Å². The average Bonchev–Trinajstić information content (AvgIpc) is 2.66. The van der Waals surface area contributed by atoms with Crippen molar-refractivity contribution < 1.29 is 53.8 Å². The number of carbonyl (C=O) groups excluding carboxylic acids is 3. The van der Waals surface area contributed by atoms with Crippen LogP contribution >= 0.6 is 0 Å². The normalized spacial score (nSPS) is 17.4. The molecule has 2 aromatic carbocycles. The Morgan fingerprint density at radius 1 is 1.10 bits per heavy atom. The maximum absolute atomic E-state index is 12.3. The van der Waals surface area contributed by atoms with Crippen LogP contribution in [0.2, 0.25) is 0 Å². The molecule has 3 rings (SSSR count). The summed E-state index contributed by atoms with van der Waals surface area (Å²) in [6, 6.07) is 11.6. The third-order valence-electron chi connectivity index (χ3n) is 5.11. The molecular formula is C23H25N2NaO5. The summed E-state index contributed by atoms with van der Waals surface area (Å²) < 4.78 is 5.24. The van der Waals surface area contributed by atoms with Crippen LogP contribution in [0.25, 0.3) is 11.1 Å². The Labute approximate surface area is 204 Å². The van der Waals surface area contributed by atoms with Crippen LogP contribution in [0.3, 0.4) is 0 Å². The van der Waals surface area contributed by atoms with Crippen LogP contribution in [-0.4, -0.2) is 30.1 Å². The fourth-order valence-electron chi connectivity index (χ4n) is 3.85. The second kappa shape index (κ2) is 10.3. The number of rotatable bonds is 4. The zero-order chi connectivity index (χ0) is 22.0. The van der Waals surface area contributed by atoms with Gasteiger partial charge >= 0.3 is 35.7 Å². The first-order valence-corrected chi connectivity index (χ1v) is 9.90. The van der Waals surface area contributed by atoms with E-state index in [0.29, 0.717) is 6.42 Å². The van der Waals surface area contributed by atoms with Gasteiger partial charge in [0.25, 0.3) is 0 Å². The molecular weight excluding hydrogens is 407 g/mol. The van der Waals surface area contributed by atoms with Crippen molar-refractivity contribution in [3.05, 3.63) is 53.6 Å². The van der Waals surface area contributed by atoms with Crippen molar-refractivity contribution >= 4 is 23.7 Å². The van der Waals surface area contributed by atoms with Crippen molar-refractivity contribution in [2.75, 3.05) is 4.90 Å². The van der Waals surface area contributed by atoms with Crippen molar-refractivity contribution in [1.82, 2.24) is 5.32 Å². The van der Waals surface area contributed by atoms with E-state index in [1.807, 2.05) is 25.1 Å². The van der Waals surface area contributed by atoms with Crippen LogP contribution in [0, 0.1) is 0 Å². The summed E-state index contributed by atoms with van der Waals surface area (Å²) in [6.07, 6.45) is -0.201. The Morgan fingerprint density at radius 3 is 2.26 bits per heavy atom. The number of hydrogen-bond donors (Lipinski definition) is 1. The summed E-state index contributed by atoms with van der Waals surface area (Å²) in [5, 5.41) is 13.9. The van der Waals surface area contributed by atoms with E-state index in [1.165, 1.54) is 19.1 Å². The number of hydrogen-bond acceptors (Lipinski definition) is 5. The smallest absolute Gasteiger partial charge is 0.545 e. The van der Waals surface area contributed by atoms with Gasteiger partial charge < -0.3 is 24.9 Å². The van der Waals surface area contributed by atoms with Gasteiger partial charge in [-0.15, -0.1) is 0 Å². The summed E-state index contributed by atoms with van der Waals surface area (Å²) in [5.74, 6) is -1.30. The van der Waals surface area contributed by atoms with E-state index >= 15 is 0 Å². The van der Waals surface area contributed by atoms with Gasteiger partial charge in [0.15, 0.2) is 0 Å². The molecule has 0 saturated heterocycles. The number of amides is 2. The zero-order valence-electron chi connectivity index (χ0n) is 18.5. The molecule has 0 radical (unpaired) electrons. The number of carboxylic acids is 1. The molecule has 158 valence electrons. The molecule has 2 aromatic rings. The molecule has 1 aliphatic heterocycles. The largest absolute Gasteiger partial charge is 1.00 e. The minimum atomic E-state index is -1.23. The fraction of sp³-hybridized carbons (Fsp3) is 0.348. The Balaban J connectivity index is 0.00000341. The molecule has 31 heavy (non-hydrogen) atoms. The van der Waals surface area contributed by atoms with Crippen molar-refractivity contribution in [3.8, 4) is 11.1 Å². The van der Waals surface area contributed by atoms with E-state index in [0.717, 1.165) is 22.4 Å². The Hall–Kier alpha value is -2.35. The summed E-state index contributed by atoms with van der Waals surface area (Å²) in [5.41, 5.74) is 3.32. The molecule has 0 fully saturated rings. The molecule has 0 spiro atoms. The molecule has 1 heterocycles. The number of nitrogens with zero attached hydrogens (tertiary/aromatic N) is 1. The quantitative estimate of drug-likeness (QED) is 0.688. The average molecular weight is 432 g/mol. The molecule has 0 aromatic heterocycles. The van der Waals surface area contributed by atoms with Gasteiger partial charge in [0.2, 0.25) is 5.91 Å². The monoisotopic (exact) mass is 432 g/mol. The van der Waals surface area contributed by atoms with Crippen molar-refractivity contribution in [1.29, 1.82) is 0 Å². The Bertz CT molecular complexity index is 974. The molecule has 0 aliphatic carbocycles. The standard InChI is InChI=1S/C23H26N2O5.Na/c1-13(2)30-23(29)24-20-11-14(3)25(15(4)26)21-10-9-18(12-19(20)21)16-5-7-17(8-6-16)22(27)28;/h5-10,12-14,20H,11H2,1-4H3,(H,24,29)(H,27,28);/q;+1/p-1. The third kappa shape index (κ3) is 5.67. The predicted molar refractivity (Wildman–Crippen MR) is 111 cm³/mol. The summed E-state index contributed by atoms with van der Waals surface area (Å²) >= 11 is 0. The minimum absolute atomic E-state index is 0. The number of benzene rings is 2. The van der Waals surface area contributed by atoms with Crippen LogP contribution in [0.1, 0.15) is 56.1 Å². The first-order valence-electron chi connectivity index (χ1n) is 9.90. The molecule has 2 amide bonds. The van der Waals surface area contributed by atoms with Gasteiger partial charge in [-0.3, -0.25) is 4.79 Å². The topological polar surface area (TPSA) is 98.8 Å². The number of alkyl carbamates (subject to hydrolysis) is 1. The van der Waals surface area contributed by atoms with E-state index in [-0.39, 0.29) is 59.2 Å². The number of nitrogens with one attached hydrogen (secondary N) is 1.